The Labute approximate surface area is 74.9 Å². The van der Waals surface area contributed by atoms with Crippen LogP contribution in [0.1, 0.15) is 6.92 Å². The molecule has 5 nitrogen and oxygen atoms in total. The number of nitrogens with one attached hydrogen (secondary N) is 1. The van der Waals surface area contributed by atoms with Crippen molar-refractivity contribution in [1.29, 1.82) is 0 Å². The summed E-state index contributed by atoms with van der Waals surface area (Å²) in [6.07, 6.45) is 1.57. The van der Waals surface area contributed by atoms with Gasteiger partial charge in [0.1, 0.15) is 17.1 Å². The van der Waals surface area contributed by atoms with Crippen molar-refractivity contribution in [1.82, 2.24) is 15.0 Å². The molecule has 5 heteroatoms. The number of ether oxygens (including phenoxy) is 1. The lowest BCUT2D eigenvalue weighted by Gasteiger charge is -2.03. The van der Waals surface area contributed by atoms with Crippen molar-refractivity contribution < 1.29 is 4.74 Å². The van der Waals surface area contributed by atoms with Crippen LogP contribution in [0.4, 0.5) is 5.82 Å². The highest BCUT2D eigenvalue weighted by atomic mass is 16.5. The second-order valence-corrected chi connectivity index (χ2v) is 2.58. The standard InChI is InChI=1S/C8H10N4O/c1-2-13-5-3-6(9)12-8-7(5)10-4-11-8/h3-4H,2H2,1H3,(H3,9,10,11,12). The van der Waals surface area contributed by atoms with Gasteiger partial charge >= 0.3 is 0 Å². The second kappa shape index (κ2) is 2.93. The van der Waals surface area contributed by atoms with Gasteiger partial charge in [0.05, 0.1) is 12.9 Å². The minimum atomic E-state index is 0.419. The first kappa shape index (κ1) is 7.85. The molecule has 0 saturated carbocycles. The summed E-state index contributed by atoms with van der Waals surface area (Å²) in [4.78, 5) is 11.0. The number of fused-ring (bicyclic) bond motifs is 1. The summed E-state index contributed by atoms with van der Waals surface area (Å²) in [7, 11) is 0. The van der Waals surface area contributed by atoms with E-state index in [1.165, 1.54) is 0 Å². The monoisotopic (exact) mass is 178 g/mol. The third-order valence-corrected chi connectivity index (χ3v) is 1.68. The third-order valence-electron chi connectivity index (χ3n) is 1.68. The Morgan fingerprint density at radius 3 is 3.23 bits per heavy atom. The van der Waals surface area contributed by atoms with Crippen LogP contribution in [0.3, 0.4) is 0 Å². The molecule has 2 aromatic heterocycles. The number of aromatic nitrogens is 3. The number of hydrogen-bond acceptors (Lipinski definition) is 4. The van der Waals surface area contributed by atoms with Crippen LogP contribution in [0.15, 0.2) is 12.4 Å². The lowest BCUT2D eigenvalue weighted by atomic mass is 10.4. The van der Waals surface area contributed by atoms with Crippen LogP contribution in [0, 0.1) is 0 Å². The number of hydrogen-bond donors (Lipinski definition) is 2. The Balaban J connectivity index is 2.63. The van der Waals surface area contributed by atoms with Crippen molar-refractivity contribution in [3.8, 4) is 5.75 Å². The van der Waals surface area contributed by atoms with Gasteiger partial charge in [-0.15, -0.1) is 0 Å². The topological polar surface area (TPSA) is 76.8 Å². The summed E-state index contributed by atoms with van der Waals surface area (Å²) in [5.74, 6) is 1.12. The highest BCUT2D eigenvalue weighted by molar-refractivity contribution is 5.79. The summed E-state index contributed by atoms with van der Waals surface area (Å²) < 4.78 is 5.37. The molecule has 0 aromatic carbocycles. The number of nitrogens with zero attached hydrogens (tertiary/aromatic N) is 2. The molecule has 0 radical (unpaired) electrons. The van der Waals surface area contributed by atoms with Gasteiger partial charge in [-0.25, -0.2) is 9.97 Å². The van der Waals surface area contributed by atoms with E-state index in [4.69, 9.17) is 10.5 Å². The van der Waals surface area contributed by atoms with Gasteiger partial charge in [0.25, 0.3) is 0 Å². The fourth-order valence-corrected chi connectivity index (χ4v) is 1.18. The first-order valence-corrected chi connectivity index (χ1v) is 4.03. The summed E-state index contributed by atoms with van der Waals surface area (Å²) in [5.41, 5.74) is 6.94. The van der Waals surface area contributed by atoms with Gasteiger partial charge in [0.15, 0.2) is 5.65 Å². The van der Waals surface area contributed by atoms with Crippen LogP contribution in [-0.2, 0) is 0 Å². The quantitative estimate of drug-likeness (QED) is 0.717. The van der Waals surface area contributed by atoms with E-state index in [9.17, 15) is 0 Å². The van der Waals surface area contributed by atoms with E-state index in [0.717, 1.165) is 5.52 Å². The SMILES string of the molecule is CCOc1cc(N)nc2nc[nH]c12. The van der Waals surface area contributed by atoms with Crippen LogP contribution >= 0.6 is 0 Å². The molecule has 0 aliphatic rings. The minimum absolute atomic E-state index is 0.419. The molecule has 0 atom stereocenters. The minimum Gasteiger partial charge on any atom is -0.491 e. The van der Waals surface area contributed by atoms with Crippen LogP contribution in [0.25, 0.3) is 11.2 Å². The van der Waals surface area contributed by atoms with E-state index in [1.54, 1.807) is 12.4 Å². The molecule has 68 valence electrons. The number of rotatable bonds is 2. The molecule has 2 heterocycles. The maximum absolute atomic E-state index is 5.57. The Hall–Kier alpha value is -1.78. The van der Waals surface area contributed by atoms with E-state index in [-0.39, 0.29) is 0 Å². The molecule has 13 heavy (non-hydrogen) atoms. The van der Waals surface area contributed by atoms with Gasteiger partial charge in [-0.1, -0.05) is 0 Å². The largest absolute Gasteiger partial charge is 0.491 e. The lowest BCUT2D eigenvalue weighted by Crippen LogP contribution is -1.96. The molecule has 0 fully saturated rings. The fourth-order valence-electron chi connectivity index (χ4n) is 1.18. The molecule has 0 bridgehead atoms. The lowest BCUT2D eigenvalue weighted by molar-refractivity contribution is 0.343. The van der Waals surface area contributed by atoms with E-state index in [0.29, 0.717) is 23.8 Å². The maximum Gasteiger partial charge on any atom is 0.183 e. The Morgan fingerprint density at radius 2 is 2.46 bits per heavy atom. The molecule has 0 aliphatic carbocycles. The molecule has 0 aliphatic heterocycles. The first-order valence-electron chi connectivity index (χ1n) is 4.03. The van der Waals surface area contributed by atoms with Crippen molar-refractivity contribution in [3.63, 3.8) is 0 Å². The van der Waals surface area contributed by atoms with Gasteiger partial charge in [0.2, 0.25) is 0 Å². The van der Waals surface area contributed by atoms with E-state index in [2.05, 4.69) is 15.0 Å². The number of pyridine rings is 1. The predicted molar refractivity (Wildman–Crippen MR) is 49.5 cm³/mol. The molecular weight excluding hydrogens is 168 g/mol. The highest BCUT2D eigenvalue weighted by Gasteiger charge is 2.06. The van der Waals surface area contributed by atoms with Crippen LogP contribution in [0.2, 0.25) is 0 Å². The first-order chi connectivity index (χ1) is 6.31. The summed E-state index contributed by atoms with van der Waals surface area (Å²) in [5, 5.41) is 0. The summed E-state index contributed by atoms with van der Waals surface area (Å²) in [6.45, 7) is 2.51. The Bertz CT molecular complexity index is 423. The van der Waals surface area contributed by atoms with Gasteiger partial charge in [0, 0.05) is 6.07 Å². The van der Waals surface area contributed by atoms with Crippen molar-refractivity contribution in [2.24, 2.45) is 0 Å². The maximum atomic E-state index is 5.57. The highest BCUT2D eigenvalue weighted by Crippen LogP contribution is 2.23. The number of aromatic amines is 1. The normalized spacial score (nSPS) is 10.5. The number of H-pyrrole nitrogens is 1. The Morgan fingerprint density at radius 1 is 1.62 bits per heavy atom. The molecule has 2 rings (SSSR count). The number of imidazole rings is 1. The molecule has 0 amide bonds. The van der Waals surface area contributed by atoms with Gasteiger partial charge in [-0.05, 0) is 6.92 Å². The van der Waals surface area contributed by atoms with Gasteiger partial charge in [-0.2, -0.15) is 0 Å². The average Bonchev–Trinajstić information content (AvgIpc) is 2.52. The van der Waals surface area contributed by atoms with E-state index < -0.39 is 0 Å². The molecule has 3 N–H and O–H groups in total. The van der Waals surface area contributed by atoms with Crippen molar-refractivity contribution in [2.75, 3.05) is 12.3 Å². The number of anilines is 1. The second-order valence-electron chi connectivity index (χ2n) is 2.58. The molecular formula is C8H10N4O. The van der Waals surface area contributed by atoms with Crippen molar-refractivity contribution in [3.05, 3.63) is 12.4 Å². The fraction of sp³-hybridized carbons (Fsp3) is 0.250. The van der Waals surface area contributed by atoms with E-state index in [1.807, 2.05) is 6.92 Å². The van der Waals surface area contributed by atoms with Gasteiger partial charge < -0.3 is 15.5 Å². The van der Waals surface area contributed by atoms with Crippen molar-refractivity contribution >= 4 is 17.0 Å². The molecule has 2 aromatic rings. The summed E-state index contributed by atoms with van der Waals surface area (Å²) >= 11 is 0. The predicted octanol–water partition coefficient (Wildman–Crippen LogP) is 0.939. The smallest absolute Gasteiger partial charge is 0.183 e. The molecule has 0 saturated heterocycles. The average molecular weight is 178 g/mol. The molecule has 0 spiro atoms. The van der Waals surface area contributed by atoms with E-state index >= 15 is 0 Å². The Kier molecular flexibility index (Phi) is 1.77. The van der Waals surface area contributed by atoms with Crippen LogP contribution in [0.5, 0.6) is 5.75 Å². The number of nitrogen functional groups attached to an aromatic ring is 1. The van der Waals surface area contributed by atoms with Crippen LogP contribution < -0.4 is 10.5 Å². The zero-order chi connectivity index (χ0) is 9.26. The zero-order valence-electron chi connectivity index (χ0n) is 7.24. The van der Waals surface area contributed by atoms with Crippen molar-refractivity contribution in [2.45, 2.75) is 6.92 Å². The number of nitrogens with two attached hydrogens (primary N) is 1. The van der Waals surface area contributed by atoms with Gasteiger partial charge in [-0.3, -0.25) is 0 Å². The summed E-state index contributed by atoms with van der Waals surface area (Å²) in [6, 6.07) is 1.68. The third kappa shape index (κ3) is 1.28. The van der Waals surface area contributed by atoms with Crippen LogP contribution in [-0.4, -0.2) is 21.6 Å². The zero-order valence-corrected chi connectivity index (χ0v) is 7.24. The molecule has 0 unspecified atom stereocenters.